The number of likely N-dealkylation sites (N-methyl/N-ethyl adjacent to an activating group) is 1. The average Bonchev–Trinajstić information content (AvgIpc) is 2.95. The minimum atomic E-state index is 0.0333. The number of pyridine rings is 1. The van der Waals surface area contributed by atoms with Crippen LogP contribution in [0.3, 0.4) is 0 Å². The van der Waals surface area contributed by atoms with Crippen LogP contribution in [-0.2, 0) is 11.2 Å². The van der Waals surface area contributed by atoms with Gasteiger partial charge in [0, 0.05) is 43.0 Å². The lowest BCUT2D eigenvalue weighted by molar-refractivity contribution is -0.130. The fourth-order valence-corrected chi connectivity index (χ4v) is 2.50. The molecule has 0 aliphatic heterocycles. The van der Waals surface area contributed by atoms with Crippen LogP contribution in [0.1, 0.15) is 12.6 Å². The highest BCUT2D eigenvalue weighted by molar-refractivity contribution is 7.13. The normalized spacial score (nSPS) is 12.2. The van der Waals surface area contributed by atoms with Crippen molar-refractivity contribution in [1.29, 1.82) is 0 Å². The van der Waals surface area contributed by atoms with E-state index >= 15 is 0 Å². The van der Waals surface area contributed by atoms with E-state index in [-0.39, 0.29) is 11.9 Å². The maximum Gasteiger partial charge on any atom is 0.228 e. The lowest BCUT2D eigenvalue weighted by Crippen LogP contribution is -2.40. The van der Waals surface area contributed by atoms with E-state index in [0.717, 1.165) is 16.3 Å². The third kappa shape index (κ3) is 3.40. The monoisotopic (exact) mass is 290 g/mol. The van der Waals surface area contributed by atoms with Crippen molar-refractivity contribution in [2.24, 2.45) is 5.73 Å². The van der Waals surface area contributed by atoms with E-state index in [2.05, 4.69) is 9.97 Å². The maximum absolute atomic E-state index is 12.1. The molecular weight excluding hydrogens is 272 g/mol. The number of nitrogens with zero attached hydrogens (tertiary/aromatic N) is 3. The minimum absolute atomic E-state index is 0.0333. The van der Waals surface area contributed by atoms with Gasteiger partial charge in [-0.1, -0.05) is 0 Å². The summed E-state index contributed by atoms with van der Waals surface area (Å²) in [5.74, 6) is 0.0333. The Morgan fingerprint density at radius 1 is 1.55 bits per heavy atom. The highest BCUT2D eigenvalue weighted by atomic mass is 32.1. The van der Waals surface area contributed by atoms with Gasteiger partial charge < -0.3 is 10.6 Å². The average molecular weight is 290 g/mol. The standard InChI is InChI=1S/C14H18N4OS/c1-10(7-15)18(2)13(19)6-12-9-20-14(17-12)11-4-3-5-16-8-11/h3-5,8-10H,6-7,15H2,1-2H3. The van der Waals surface area contributed by atoms with Gasteiger partial charge in [0.1, 0.15) is 5.01 Å². The molecule has 1 amide bonds. The topological polar surface area (TPSA) is 72.1 Å². The summed E-state index contributed by atoms with van der Waals surface area (Å²) in [5, 5.41) is 2.80. The predicted molar refractivity (Wildman–Crippen MR) is 80.3 cm³/mol. The van der Waals surface area contributed by atoms with Crippen molar-refractivity contribution < 1.29 is 4.79 Å². The molecule has 1 atom stereocenters. The lowest BCUT2D eigenvalue weighted by Gasteiger charge is -2.23. The number of hydrogen-bond donors (Lipinski definition) is 1. The maximum atomic E-state index is 12.1. The summed E-state index contributed by atoms with van der Waals surface area (Å²) >= 11 is 1.52. The van der Waals surface area contributed by atoms with Crippen LogP contribution >= 0.6 is 11.3 Å². The molecule has 0 radical (unpaired) electrons. The summed E-state index contributed by atoms with van der Waals surface area (Å²) in [7, 11) is 1.77. The number of rotatable bonds is 5. The van der Waals surface area contributed by atoms with Crippen LogP contribution in [0.15, 0.2) is 29.9 Å². The molecule has 20 heavy (non-hydrogen) atoms. The van der Waals surface area contributed by atoms with E-state index in [4.69, 9.17) is 5.73 Å². The van der Waals surface area contributed by atoms with Gasteiger partial charge >= 0.3 is 0 Å². The summed E-state index contributed by atoms with van der Waals surface area (Å²) in [5.41, 5.74) is 7.33. The molecule has 2 rings (SSSR count). The van der Waals surface area contributed by atoms with Gasteiger partial charge in [0.15, 0.2) is 0 Å². The van der Waals surface area contributed by atoms with Crippen molar-refractivity contribution in [2.45, 2.75) is 19.4 Å². The van der Waals surface area contributed by atoms with Gasteiger partial charge in [0.25, 0.3) is 0 Å². The van der Waals surface area contributed by atoms with E-state index in [1.807, 2.05) is 24.4 Å². The van der Waals surface area contributed by atoms with Gasteiger partial charge in [-0.2, -0.15) is 0 Å². The molecule has 5 nitrogen and oxygen atoms in total. The first-order chi connectivity index (χ1) is 9.61. The largest absolute Gasteiger partial charge is 0.341 e. The van der Waals surface area contributed by atoms with Gasteiger partial charge in [-0.05, 0) is 19.1 Å². The zero-order chi connectivity index (χ0) is 14.5. The Kier molecular flexibility index (Phi) is 4.81. The van der Waals surface area contributed by atoms with Crippen LogP contribution in [0.4, 0.5) is 0 Å². The van der Waals surface area contributed by atoms with Crippen LogP contribution in [0, 0.1) is 0 Å². The third-order valence-corrected chi connectivity index (χ3v) is 4.13. The van der Waals surface area contributed by atoms with Crippen molar-refractivity contribution >= 4 is 17.2 Å². The molecule has 0 aromatic carbocycles. The Morgan fingerprint density at radius 2 is 2.35 bits per heavy atom. The molecule has 1 unspecified atom stereocenters. The Bertz CT molecular complexity index is 570. The van der Waals surface area contributed by atoms with Crippen LogP contribution in [0.5, 0.6) is 0 Å². The molecular formula is C14H18N4OS. The van der Waals surface area contributed by atoms with Gasteiger partial charge in [0.05, 0.1) is 12.1 Å². The molecule has 0 spiro atoms. The van der Waals surface area contributed by atoms with Crippen molar-refractivity contribution in [3.05, 3.63) is 35.6 Å². The highest BCUT2D eigenvalue weighted by Crippen LogP contribution is 2.23. The highest BCUT2D eigenvalue weighted by Gasteiger charge is 2.16. The molecule has 0 bridgehead atoms. The summed E-state index contributed by atoms with van der Waals surface area (Å²) in [4.78, 5) is 22.3. The Morgan fingerprint density at radius 3 is 3.00 bits per heavy atom. The van der Waals surface area contributed by atoms with Crippen molar-refractivity contribution in [3.63, 3.8) is 0 Å². The summed E-state index contributed by atoms with van der Waals surface area (Å²) in [6.07, 6.45) is 3.80. The van der Waals surface area contributed by atoms with Crippen molar-refractivity contribution in [3.8, 4) is 10.6 Å². The quantitative estimate of drug-likeness (QED) is 0.907. The van der Waals surface area contributed by atoms with E-state index in [9.17, 15) is 4.79 Å². The van der Waals surface area contributed by atoms with E-state index in [1.165, 1.54) is 11.3 Å². The number of aromatic nitrogens is 2. The van der Waals surface area contributed by atoms with Crippen LogP contribution in [0.2, 0.25) is 0 Å². The number of carbonyl (C=O) groups excluding carboxylic acids is 1. The van der Waals surface area contributed by atoms with E-state index in [0.29, 0.717) is 13.0 Å². The molecule has 2 heterocycles. The Labute approximate surface area is 122 Å². The lowest BCUT2D eigenvalue weighted by atomic mass is 10.2. The summed E-state index contributed by atoms with van der Waals surface area (Å²) in [6.45, 7) is 2.39. The number of thiazole rings is 1. The molecule has 0 fully saturated rings. The molecule has 2 aromatic rings. The van der Waals surface area contributed by atoms with E-state index < -0.39 is 0 Å². The Balaban J connectivity index is 2.05. The second kappa shape index (κ2) is 6.58. The summed E-state index contributed by atoms with van der Waals surface area (Å²) < 4.78 is 0. The zero-order valence-corrected chi connectivity index (χ0v) is 12.4. The minimum Gasteiger partial charge on any atom is -0.341 e. The SMILES string of the molecule is CC(CN)N(C)C(=O)Cc1csc(-c2cccnc2)n1. The predicted octanol–water partition coefficient (Wildman–Crippen LogP) is 1.55. The molecule has 6 heteroatoms. The van der Waals surface area contributed by atoms with Gasteiger partial charge in [-0.15, -0.1) is 11.3 Å². The number of nitrogens with two attached hydrogens (primary N) is 1. The zero-order valence-electron chi connectivity index (χ0n) is 11.6. The number of hydrogen-bond acceptors (Lipinski definition) is 5. The molecule has 0 saturated heterocycles. The van der Waals surface area contributed by atoms with Crippen molar-refractivity contribution in [2.75, 3.05) is 13.6 Å². The van der Waals surface area contributed by atoms with Crippen LogP contribution in [0.25, 0.3) is 10.6 Å². The van der Waals surface area contributed by atoms with Gasteiger partial charge in [-0.3, -0.25) is 9.78 Å². The molecule has 106 valence electrons. The van der Waals surface area contributed by atoms with Crippen LogP contribution in [-0.4, -0.2) is 40.4 Å². The second-order valence-corrected chi connectivity index (χ2v) is 5.51. The molecule has 0 aliphatic carbocycles. The fourth-order valence-electron chi connectivity index (χ4n) is 1.69. The van der Waals surface area contributed by atoms with E-state index in [1.54, 1.807) is 24.3 Å². The number of carbonyl (C=O) groups is 1. The summed E-state index contributed by atoms with van der Waals surface area (Å²) in [6, 6.07) is 3.87. The first kappa shape index (κ1) is 14.6. The first-order valence-electron chi connectivity index (χ1n) is 6.42. The second-order valence-electron chi connectivity index (χ2n) is 4.65. The third-order valence-electron chi connectivity index (χ3n) is 3.19. The van der Waals surface area contributed by atoms with Crippen LogP contribution < -0.4 is 5.73 Å². The fraction of sp³-hybridized carbons (Fsp3) is 0.357. The van der Waals surface area contributed by atoms with Gasteiger partial charge in [-0.25, -0.2) is 4.98 Å². The first-order valence-corrected chi connectivity index (χ1v) is 7.30. The molecule has 0 aliphatic rings. The smallest absolute Gasteiger partial charge is 0.228 e. The molecule has 0 saturated carbocycles. The van der Waals surface area contributed by atoms with Gasteiger partial charge in [0.2, 0.25) is 5.91 Å². The number of amides is 1. The molecule has 2 aromatic heterocycles. The molecule has 2 N–H and O–H groups in total. The Hall–Kier alpha value is -1.79. The van der Waals surface area contributed by atoms with Crippen molar-refractivity contribution in [1.82, 2.24) is 14.9 Å².